The van der Waals surface area contributed by atoms with Gasteiger partial charge in [0.2, 0.25) is 11.7 Å². The molecule has 0 bridgehead atoms. The second-order valence-corrected chi connectivity index (χ2v) is 7.77. The second-order valence-electron chi connectivity index (χ2n) is 7.77. The Balaban J connectivity index is 1.54. The van der Waals surface area contributed by atoms with Crippen LogP contribution in [0.25, 0.3) is 22.5 Å². The van der Waals surface area contributed by atoms with Crippen LogP contribution in [0.3, 0.4) is 0 Å². The molecule has 4 rings (SSSR count). The third-order valence-corrected chi connectivity index (χ3v) is 4.89. The Hall–Kier alpha value is -3.10. The van der Waals surface area contributed by atoms with Gasteiger partial charge in [-0.15, -0.1) is 10.2 Å². The van der Waals surface area contributed by atoms with Gasteiger partial charge in [-0.05, 0) is 34.7 Å². The number of rotatable bonds is 8. The molecule has 1 aromatic heterocycles. The van der Waals surface area contributed by atoms with Gasteiger partial charge in [0.25, 0.3) is 0 Å². The van der Waals surface area contributed by atoms with Crippen molar-refractivity contribution in [1.29, 1.82) is 0 Å². The molecule has 8 nitrogen and oxygen atoms in total. The Morgan fingerprint density at radius 1 is 1.07 bits per heavy atom. The van der Waals surface area contributed by atoms with Crippen molar-refractivity contribution in [1.82, 2.24) is 31.1 Å². The van der Waals surface area contributed by atoms with Crippen LogP contribution in [0, 0.1) is 5.92 Å². The lowest BCUT2D eigenvalue weighted by Gasteiger charge is -2.29. The van der Waals surface area contributed by atoms with Gasteiger partial charge >= 0.3 is 0 Å². The highest BCUT2D eigenvalue weighted by Gasteiger charge is 2.36. The molecule has 0 radical (unpaired) electrons. The summed E-state index contributed by atoms with van der Waals surface area (Å²) < 4.78 is 6.01. The van der Waals surface area contributed by atoms with E-state index in [0.29, 0.717) is 24.8 Å². The maximum absolute atomic E-state index is 6.01. The van der Waals surface area contributed by atoms with Crippen molar-refractivity contribution in [2.24, 2.45) is 10.9 Å². The minimum absolute atomic E-state index is 0.528. The van der Waals surface area contributed by atoms with Gasteiger partial charge in [-0.1, -0.05) is 62.4 Å². The van der Waals surface area contributed by atoms with Gasteiger partial charge in [0, 0.05) is 25.1 Å². The molecule has 2 N–H and O–H groups in total. The monoisotopic (exact) mass is 405 g/mol. The number of nitrogens with one attached hydrogen (secondary N) is 2. The fraction of sp³-hybridized carbons (Fsp3) is 0.364. The number of H-pyrrole nitrogens is 1. The Morgan fingerprint density at radius 3 is 2.50 bits per heavy atom. The Kier molecular flexibility index (Phi) is 5.87. The van der Waals surface area contributed by atoms with Crippen molar-refractivity contribution in [3.05, 3.63) is 54.1 Å². The SMILES string of the molecule is CCOC1(Cc2ccc(-c3ccccc3-c3nn[nH]n3)cc2)N=CN(CC(C)C)N1. The summed E-state index contributed by atoms with van der Waals surface area (Å²) in [6.45, 7) is 7.81. The van der Waals surface area contributed by atoms with Gasteiger partial charge in [0.15, 0.2) is 0 Å². The quantitative estimate of drug-likeness (QED) is 0.598. The minimum Gasteiger partial charge on any atom is -0.340 e. The summed E-state index contributed by atoms with van der Waals surface area (Å²) in [6.07, 6.45) is 2.48. The molecule has 1 aliphatic heterocycles. The largest absolute Gasteiger partial charge is 0.340 e. The van der Waals surface area contributed by atoms with Crippen molar-refractivity contribution in [3.63, 3.8) is 0 Å². The van der Waals surface area contributed by atoms with E-state index in [2.05, 4.69) is 75.2 Å². The summed E-state index contributed by atoms with van der Waals surface area (Å²) in [7, 11) is 0. The highest BCUT2D eigenvalue weighted by Crippen LogP contribution is 2.30. The first-order chi connectivity index (χ1) is 14.6. The van der Waals surface area contributed by atoms with E-state index in [1.54, 1.807) is 0 Å². The number of ether oxygens (including phenoxy) is 1. The van der Waals surface area contributed by atoms with Gasteiger partial charge in [0.05, 0.1) is 0 Å². The molecular formula is C22H27N7O. The van der Waals surface area contributed by atoms with Crippen molar-refractivity contribution >= 4 is 6.34 Å². The maximum atomic E-state index is 6.01. The van der Waals surface area contributed by atoms with Gasteiger partial charge < -0.3 is 4.74 Å². The summed E-state index contributed by atoms with van der Waals surface area (Å²) in [4.78, 5) is 4.66. The molecule has 0 aliphatic carbocycles. The van der Waals surface area contributed by atoms with Gasteiger partial charge in [-0.25, -0.2) is 4.99 Å². The Labute approximate surface area is 176 Å². The summed E-state index contributed by atoms with van der Waals surface area (Å²) in [5, 5.41) is 16.5. The molecular weight excluding hydrogens is 378 g/mol. The molecule has 0 amide bonds. The number of hydrazine groups is 1. The lowest BCUT2D eigenvalue weighted by molar-refractivity contribution is -0.0773. The number of hydrogen-bond donors (Lipinski definition) is 2. The first-order valence-corrected chi connectivity index (χ1v) is 10.2. The average molecular weight is 406 g/mol. The predicted molar refractivity (Wildman–Crippen MR) is 116 cm³/mol. The first kappa shape index (κ1) is 20.2. The van der Waals surface area contributed by atoms with Crippen LogP contribution in [0.2, 0.25) is 0 Å². The van der Waals surface area contributed by atoms with Crippen molar-refractivity contribution in [3.8, 4) is 22.5 Å². The van der Waals surface area contributed by atoms with Crippen LogP contribution in [0.5, 0.6) is 0 Å². The smallest absolute Gasteiger partial charge is 0.237 e. The van der Waals surface area contributed by atoms with E-state index in [1.807, 2.05) is 36.5 Å². The van der Waals surface area contributed by atoms with Crippen molar-refractivity contribution < 1.29 is 4.74 Å². The van der Waals surface area contributed by atoms with E-state index in [9.17, 15) is 0 Å². The van der Waals surface area contributed by atoms with Gasteiger partial charge in [-0.3, -0.25) is 5.01 Å². The highest BCUT2D eigenvalue weighted by molar-refractivity contribution is 5.80. The molecule has 0 saturated carbocycles. The van der Waals surface area contributed by atoms with Crippen LogP contribution in [0.1, 0.15) is 26.3 Å². The first-order valence-electron chi connectivity index (χ1n) is 10.2. The number of aromatic nitrogens is 4. The number of nitrogens with zero attached hydrogens (tertiary/aromatic N) is 5. The fourth-order valence-electron chi connectivity index (χ4n) is 3.66. The zero-order valence-electron chi connectivity index (χ0n) is 17.5. The molecule has 2 heterocycles. The average Bonchev–Trinajstić information content (AvgIpc) is 3.39. The second kappa shape index (κ2) is 8.73. The summed E-state index contributed by atoms with van der Waals surface area (Å²) >= 11 is 0. The Bertz CT molecular complexity index is 985. The van der Waals surface area contributed by atoms with E-state index in [-0.39, 0.29) is 0 Å². The standard InChI is InChI=1S/C22H27N7O/c1-4-30-22(23-15-29(26-22)14-16(2)3)13-17-9-11-18(12-10-17)19-7-5-6-8-20(19)21-24-27-28-25-21/h5-12,15-16,26H,4,13-14H2,1-3H3,(H,24,25,27,28). The summed E-state index contributed by atoms with van der Waals surface area (Å²) in [5.74, 6) is 0.355. The van der Waals surface area contributed by atoms with Crippen LogP contribution in [0.15, 0.2) is 53.5 Å². The zero-order valence-corrected chi connectivity index (χ0v) is 17.5. The van der Waals surface area contributed by atoms with E-state index in [1.165, 1.54) is 0 Å². The fourth-order valence-corrected chi connectivity index (χ4v) is 3.66. The maximum Gasteiger partial charge on any atom is 0.237 e. The van der Waals surface area contributed by atoms with E-state index in [4.69, 9.17) is 4.74 Å². The highest BCUT2D eigenvalue weighted by atomic mass is 16.5. The third kappa shape index (κ3) is 4.39. The number of benzene rings is 2. The molecule has 0 saturated heterocycles. The molecule has 3 aromatic rings. The van der Waals surface area contributed by atoms with E-state index >= 15 is 0 Å². The molecule has 2 aromatic carbocycles. The molecule has 0 fully saturated rings. The number of hydrogen-bond acceptors (Lipinski definition) is 7. The van der Waals surface area contributed by atoms with E-state index < -0.39 is 5.85 Å². The van der Waals surface area contributed by atoms with Crippen LogP contribution in [-0.2, 0) is 11.2 Å². The normalized spacial score (nSPS) is 18.5. The lowest BCUT2D eigenvalue weighted by atomic mass is 9.97. The summed E-state index contributed by atoms with van der Waals surface area (Å²) in [5.41, 5.74) is 7.65. The molecule has 1 aliphatic rings. The molecule has 1 unspecified atom stereocenters. The molecule has 0 spiro atoms. The van der Waals surface area contributed by atoms with Crippen molar-refractivity contribution in [2.45, 2.75) is 33.0 Å². The number of tetrazole rings is 1. The van der Waals surface area contributed by atoms with Crippen LogP contribution in [-0.4, -0.2) is 51.0 Å². The van der Waals surface area contributed by atoms with Crippen LogP contribution < -0.4 is 5.43 Å². The summed E-state index contributed by atoms with van der Waals surface area (Å²) in [6, 6.07) is 16.5. The van der Waals surface area contributed by atoms with Crippen LogP contribution >= 0.6 is 0 Å². The zero-order chi connectivity index (χ0) is 21.0. The molecule has 156 valence electrons. The molecule has 8 heteroatoms. The lowest BCUT2D eigenvalue weighted by Crippen LogP contribution is -2.51. The third-order valence-electron chi connectivity index (χ3n) is 4.89. The van der Waals surface area contributed by atoms with Gasteiger partial charge in [-0.2, -0.15) is 10.6 Å². The Morgan fingerprint density at radius 2 is 1.83 bits per heavy atom. The minimum atomic E-state index is -0.756. The van der Waals surface area contributed by atoms with Crippen LogP contribution in [0.4, 0.5) is 0 Å². The molecule has 1 atom stereocenters. The topological polar surface area (TPSA) is 91.3 Å². The van der Waals surface area contributed by atoms with Crippen molar-refractivity contribution in [2.75, 3.05) is 13.2 Å². The number of aromatic amines is 1. The predicted octanol–water partition coefficient (Wildman–Crippen LogP) is 3.27. The van der Waals surface area contributed by atoms with E-state index in [0.717, 1.165) is 28.8 Å². The van der Waals surface area contributed by atoms with Gasteiger partial charge in [0.1, 0.15) is 6.34 Å². The number of aliphatic imine (C=N–C) groups is 1. The molecule has 30 heavy (non-hydrogen) atoms.